The second-order valence-corrected chi connectivity index (χ2v) is 11.3. The van der Waals surface area contributed by atoms with Gasteiger partial charge in [0.1, 0.15) is 11.4 Å². The summed E-state index contributed by atoms with van der Waals surface area (Å²) in [7, 11) is -3.68. The van der Waals surface area contributed by atoms with Gasteiger partial charge >= 0.3 is 10.1 Å². The number of carbonyl (C=O) groups is 1. The molecule has 4 aromatic rings. The van der Waals surface area contributed by atoms with Crippen molar-refractivity contribution in [3.8, 4) is 11.5 Å². The standard InChI is InChI=1S/C29H20F5NO5S/c1-29(2)12-10-18-21(40-41(37,38)28-25(33)23(31)22(30)24(32)26(28)34)9-6-17(27(18)39-29)20(36)8-5-15-4-7-19-16(14-15)11-13-35(19)3/h4-14H,1-3H3/b8-5+. The molecule has 41 heavy (non-hydrogen) atoms. The minimum absolute atomic E-state index is 0.00967. The molecule has 0 saturated carbocycles. The Balaban J connectivity index is 1.53. The van der Waals surface area contributed by atoms with Gasteiger partial charge in [0.05, 0.1) is 11.1 Å². The number of benzene rings is 3. The number of hydrogen-bond donors (Lipinski definition) is 0. The first-order chi connectivity index (χ1) is 19.2. The highest BCUT2D eigenvalue weighted by molar-refractivity contribution is 7.87. The Morgan fingerprint density at radius 3 is 2.29 bits per heavy atom. The van der Waals surface area contributed by atoms with Crippen molar-refractivity contribution in [3.63, 3.8) is 0 Å². The molecule has 5 rings (SSSR count). The zero-order valence-corrected chi connectivity index (χ0v) is 22.5. The summed E-state index contributed by atoms with van der Waals surface area (Å²) in [5.41, 5.74) is 0.697. The number of allylic oxidation sites excluding steroid dienone is 1. The van der Waals surface area contributed by atoms with E-state index in [1.807, 2.05) is 42.1 Å². The van der Waals surface area contributed by atoms with Crippen LogP contribution in [-0.2, 0) is 17.2 Å². The van der Waals surface area contributed by atoms with Gasteiger partial charge in [-0.05, 0) is 68.0 Å². The highest BCUT2D eigenvalue weighted by Gasteiger charge is 2.36. The van der Waals surface area contributed by atoms with Crippen LogP contribution in [0.3, 0.4) is 0 Å². The van der Waals surface area contributed by atoms with Crippen LogP contribution in [0.4, 0.5) is 22.0 Å². The molecule has 0 bridgehead atoms. The number of halogens is 5. The van der Waals surface area contributed by atoms with E-state index in [-0.39, 0.29) is 16.9 Å². The van der Waals surface area contributed by atoms with Crippen molar-refractivity contribution in [3.05, 3.63) is 101 Å². The summed E-state index contributed by atoms with van der Waals surface area (Å²) in [4.78, 5) is 11.1. The Labute approximate surface area is 231 Å². The molecular weight excluding hydrogens is 569 g/mol. The molecule has 0 unspecified atom stereocenters. The molecule has 1 aliphatic rings. The van der Waals surface area contributed by atoms with Gasteiger partial charge in [-0.25, -0.2) is 22.0 Å². The maximum Gasteiger partial charge on any atom is 0.345 e. The first-order valence-corrected chi connectivity index (χ1v) is 13.4. The number of fused-ring (bicyclic) bond motifs is 2. The third-order valence-electron chi connectivity index (χ3n) is 6.39. The number of aryl methyl sites for hydroxylation is 1. The summed E-state index contributed by atoms with van der Waals surface area (Å²) in [5, 5.41) is 0.964. The summed E-state index contributed by atoms with van der Waals surface area (Å²) >= 11 is 0. The lowest BCUT2D eigenvalue weighted by atomic mass is 9.97. The first-order valence-electron chi connectivity index (χ1n) is 12.0. The third kappa shape index (κ3) is 4.99. The highest BCUT2D eigenvalue weighted by Crippen LogP contribution is 2.41. The Kier molecular flexibility index (Phi) is 6.77. The lowest BCUT2D eigenvalue weighted by Crippen LogP contribution is -2.29. The van der Waals surface area contributed by atoms with Crippen LogP contribution in [0.2, 0.25) is 0 Å². The van der Waals surface area contributed by atoms with Crippen LogP contribution in [-0.4, -0.2) is 24.4 Å². The fourth-order valence-corrected chi connectivity index (χ4v) is 5.41. The van der Waals surface area contributed by atoms with Crippen LogP contribution in [0.15, 0.2) is 59.6 Å². The Bertz CT molecular complexity index is 1900. The monoisotopic (exact) mass is 589 g/mol. The van der Waals surface area contributed by atoms with Crippen LogP contribution >= 0.6 is 0 Å². The molecule has 1 aromatic heterocycles. The second kappa shape index (κ2) is 9.88. The van der Waals surface area contributed by atoms with E-state index in [0.29, 0.717) is 0 Å². The van der Waals surface area contributed by atoms with E-state index >= 15 is 0 Å². The first kappa shape index (κ1) is 28.1. The maximum absolute atomic E-state index is 14.3. The minimum atomic E-state index is -5.58. The third-order valence-corrected chi connectivity index (χ3v) is 7.65. The van der Waals surface area contributed by atoms with Gasteiger partial charge in [0.15, 0.2) is 39.7 Å². The number of carbonyl (C=O) groups excluding carboxylic acids is 1. The van der Waals surface area contributed by atoms with E-state index in [9.17, 15) is 35.2 Å². The molecule has 0 N–H and O–H groups in total. The summed E-state index contributed by atoms with van der Waals surface area (Å²) in [5.74, 6) is -13.7. The van der Waals surface area contributed by atoms with Crippen LogP contribution in [0.25, 0.3) is 23.1 Å². The molecule has 0 fully saturated rings. The molecule has 0 radical (unpaired) electrons. The number of ketones is 1. The lowest BCUT2D eigenvalue weighted by molar-refractivity contribution is 0.103. The van der Waals surface area contributed by atoms with Crippen LogP contribution in [0.1, 0.15) is 35.3 Å². The predicted molar refractivity (Wildman–Crippen MR) is 141 cm³/mol. The number of nitrogens with zero attached hydrogens (tertiary/aromatic N) is 1. The second-order valence-electron chi connectivity index (χ2n) is 9.77. The summed E-state index contributed by atoms with van der Waals surface area (Å²) in [6.07, 6.45) is 7.65. The Hall–Kier alpha value is -4.45. The van der Waals surface area contributed by atoms with Crippen molar-refractivity contribution < 1.29 is 44.1 Å². The van der Waals surface area contributed by atoms with E-state index in [2.05, 4.69) is 0 Å². The van der Waals surface area contributed by atoms with Gasteiger partial charge in [0.2, 0.25) is 5.82 Å². The van der Waals surface area contributed by atoms with Crippen LogP contribution in [0.5, 0.6) is 11.5 Å². The number of rotatable bonds is 6. The number of ether oxygens (including phenoxy) is 1. The van der Waals surface area contributed by atoms with Crippen molar-refractivity contribution >= 4 is 39.0 Å². The molecule has 0 spiro atoms. The number of hydrogen-bond acceptors (Lipinski definition) is 5. The van der Waals surface area contributed by atoms with Crippen LogP contribution in [0, 0.1) is 29.1 Å². The predicted octanol–water partition coefficient (Wildman–Crippen LogP) is 6.72. The molecule has 0 atom stereocenters. The van der Waals surface area contributed by atoms with E-state index in [1.54, 1.807) is 19.9 Å². The van der Waals surface area contributed by atoms with Gasteiger partial charge in [0.25, 0.3) is 0 Å². The average Bonchev–Trinajstić information content (AvgIpc) is 3.28. The Morgan fingerprint density at radius 1 is 0.951 bits per heavy atom. The van der Waals surface area contributed by atoms with E-state index in [4.69, 9.17) is 8.92 Å². The van der Waals surface area contributed by atoms with Gasteiger partial charge in [-0.2, -0.15) is 8.42 Å². The average molecular weight is 590 g/mol. The minimum Gasteiger partial charge on any atom is -0.482 e. The molecular formula is C29H20F5NO5S. The molecule has 0 saturated heterocycles. The van der Waals surface area contributed by atoms with E-state index in [0.717, 1.165) is 22.5 Å². The van der Waals surface area contributed by atoms with Gasteiger partial charge in [-0.1, -0.05) is 12.1 Å². The molecule has 1 aliphatic heterocycles. The molecule has 3 aromatic carbocycles. The van der Waals surface area contributed by atoms with Crippen molar-refractivity contribution in [2.45, 2.75) is 24.3 Å². The normalized spacial score (nSPS) is 14.3. The molecule has 2 heterocycles. The molecule has 12 heteroatoms. The fourth-order valence-electron chi connectivity index (χ4n) is 4.33. The summed E-state index contributed by atoms with van der Waals surface area (Å²) in [6, 6.07) is 9.72. The Morgan fingerprint density at radius 2 is 1.61 bits per heavy atom. The molecule has 212 valence electrons. The van der Waals surface area contributed by atoms with Gasteiger partial charge < -0.3 is 13.5 Å². The maximum atomic E-state index is 14.3. The largest absolute Gasteiger partial charge is 0.482 e. The zero-order valence-electron chi connectivity index (χ0n) is 21.6. The molecule has 0 aliphatic carbocycles. The fraction of sp³-hybridized carbons (Fsp3) is 0.138. The van der Waals surface area contributed by atoms with Crippen molar-refractivity contribution in [2.24, 2.45) is 7.05 Å². The van der Waals surface area contributed by atoms with Crippen molar-refractivity contribution in [2.75, 3.05) is 0 Å². The molecule has 0 amide bonds. The van der Waals surface area contributed by atoms with Crippen LogP contribution < -0.4 is 8.92 Å². The highest BCUT2D eigenvalue weighted by atomic mass is 32.2. The van der Waals surface area contributed by atoms with Gasteiger partial charge in [-0.15, -0.1) is 0 Å². The molecule has 6 nitrogen and oxygen atoms in total. The summed E-state index contributed by atoms with van der Waals surface area (Å²) in [6.45, 7) is 3.31. The smallest absolute Gasteiger partial charge is 0.345 e. The summed E-state index contributed by atoms with van der Waals surface area (Å²) < 4.78 is 108. The van der Waals surface area contributed by atoms with E-state index in [1.165, 1.54) is 24.3 Å². The van der Waals surface area contributed by atoms with Crippen molar-refractivity contribution in [1.29, 1.82) is 0 Å². The quantitative estimate of drug-likeness (QED) is 0.0624. The topological polar surface area (TPSA) is 74.6 Å². The van der Waals surface area contributed by atoms with Crippen molar-refractivity contribution in [1.82, 2.24) is 4.57 Å². The number of aromatic nitrogens is 1. The zero-order chi connectivity index (χ0) is 29.9. The van der Waals surface area contributed by atoms with Gasteiger partial charge in [-0.3, -0.25) is 4.79 Å². The lowest BCUT2D eigenvalue weighted by Gasteiger charge is -2.30. The van der Waals surface area contributed by atoms with E-state index < -0.39 is 61.2 Å². The van der Waals surface area contributed by atoms with Gasteiger partial charge in [0, 0.05) is 24.1 Å². The SMILES string of the molecule is Cn1ccc2cc(/C=C/C(=O)c3ccc(OS(=O)(=O)c4c(F)c(F)c(F)c(F)c4F)c4c3OC(C)(C)C=C4)ccc21.